The molecule has 0 radical (unpaired) electrons. The fraction of sp³-hybridized carbons (Fsp3) is 0.250. The first kappa shape index (κ1) is 14.7. The van der Waals surface area contributed by atoms with E-state index in [1.165, 1.54) is 10.1 Å². The Morgan fingerprint density at radius 1 is 1.24 bits per heavy atom. The number of rotatable bonds is 3. The summed E-state index contributed by atoms with van der Waals surface area (Å²) in [6.45, 7) is 4.38. The molecule has 1 aromatic carbocycles. The molecule has 0 spiro atoms. The van der Waals surface area contributed by atoms with Crippen LogP contribution in [0.1, 0.15) is 19.5 Å². The molecule has 3 rings (SSSR count). The van der Waals surface area contributed by atoms with Gasteiger partial charge in [-0.05, 0) is 41.0 Å². The predicted octanol–water partition coefficient (Wildman–Crippen LogP) is 4.74. The molecule has 0 aliphatic heterocycles. The van der Waals surface area contributed by atoms with E-state index in [1.54, 1.807) is 11.3 Å². The molecule has 3 nitrogen and oxygen atoms in total. The van der Waals surface area contributed by atoms with Crippen molar-refractivity contribution in [1.82, 2.24) is 9.97 Å². The van der Waals surface area contributed by atoms with Crippen molar-refractivity contribution < 1.29 is 0 Å². The van der Waals surface area contributed by atoms with Crippen molar-refractivity contribution in [3.05, 3.63) is 38.9 Å². The molecular formula is C16H16IN3S. The molecule has 108 valence electrons. The maximum atomic E-state index is 6.09. The Balaban J connectivity index is 2.16. The summed E-state index contributed by atoms with van der Waals surface area (Å²) in [7, 11) is 0. The third-order valence-electron chi connectivity index (χ3n) is 3.27. The second-order valence-corrected chi connectivity index (χ2v) is 7.43. The van der Waals surface area contributed by atoms with Crippen LogP contribution in [0.2, 0.25) is 0 Å². The first-order valence-corrected chi connectivity index (χ1v) is 8.80. The van der Waals surface area contributed by atoms with Crippen LogP contribution in [0, 0.1) is 9.49 Å². The van der Waals surface area contributed by atoms with Gasteiger partial charge in [-0.2, -0.15) is 0 Å². The van der Waals surface area contributed by atoms with Gasteiger partial charge in [0.25, 0.3) is 0 Å². The van der Waals surface area contributed by atoms with E-state index in [0.29, 0.717) is 11.7 Å². The largest absolute Gasteiger partial charge is 0.383 e. The van der Waals surface area contributed by atoms with Crippen molar-refractivity contribution in [2.75, 3.05) is 5.73 Å². The minimum Gasteiger partial charge on any atom is -0.383 e. The Bertz CT molecular complexity index is 795. The molecule has 0 fully saturated rings. The number of anilines is 1. The van der Waals surface area contributed by atoms with Gasteiger partial charge >= 0.3 is 0 Å². The van der Waals surface area contributed by atoms with Crippen molar-refractivity contribution in [3.63, 3.8) is 0 Å². The Labute approximate surface area is 141 Å². The number of hydrogen-bond acceptors (Lipinski definition) is 4. The van der Waals surface area contributed by atoms with Gasteiger partial charge in [0, 0.05) is 21.0 Å². The Morgan fingerprint density at radius 2 is 2.00 bits per heavy atom. The molecule has 0 unspecified atom stereocenters. The number of halogens is 1. The fourth-order valence-electron chi connectivity index (χ4n) is 2.31. The summed E-state index contributed by atoms with van der Waals surface area (Å²) in [6, 6.07) is 8.33. The van der Waals surface area contributed by atoms with E-state index in [4.69, 9.17) is 10.7 Å². The summed E-state index contributed by atoms with van der Waals surface area (Å²) in [5, 5.41) is 3.31. The van der Waals surface area contributed by atoms with Gasteiger partial charge in [0.2, 0.25) is 0 Å². The molecule has 2 heterocycles. The molecular weight excluding hydrogens is 393 g/mol. The van der Waals surface area contributed by atoms with Crippen molar-refractivity contribution in [1.29, 1.82) is 0 Å². The molecule has 2 N–H and O–H groups in total. The maximum Gasteiger partial charge on any atom is 0.163 e. The molecule has 0 amide bonds. The highest BCUT2D eigenvalue weighted by molar-refractivity contribution is 14.1. The average Bonchev–Trinajstić information content (AvgIpc) is 2.87. The smallest absolute Gasteiger partial charge is 0.163 e. The number of aromatic nitrogens is 2. The molecule has 21 heavy (non-hydrogen) atoms. The summed E-state index contributed by atoms with van der Waals surface area (Å²) in [5.74, 6) is 1.85. The molecule has 0 saturated heterocycles. The van der Waals surface area contributed by atoms with Crippen LogP contribution in [0.4, 0.5) is 5.82 Å². The molecule has 0 atom stereocenters. The molecule has 5 heteroatoms. The van der Waals surface area contributed by atoms with Crippen LogP contribution in [0.15, 0.2) is 29.6 Å². The van der Waals surface area contributed by atoms with Crippen LogP contribution in [0.3, 0.4) is 0 Å². The van der Waals surface area contributed by atoms with E-state index in [2.05, 4.69) is 65.0 Å². The summed E-state index contributed by atoms with van der Waals surface area (Å²) in [6.07, 6.45) is 0.917. The zero-order valence-corrected chi connectivity index (χ0v) is 14.9. The molecule has 2 aromatic heterocycles. The molecule has 0 bridgehead atoms. The van der Waals surface area contributed by atoms with Gasteiger partial charge in [-0.15, -0.1) is 11.3 Å². The zero-order valence-electron chi connectivity index (χ0n) is 11.9. The predicted molar refractivity (Wildman–Crippen MR) is 98.5 cm³/mol. The van der Waals surface area contributed by atoms with E-state index < -0.39 is 0 Å². The van der Waals surface area contributed by atoms with Crippen LogP contribution in [-0.2, 0) is 6.42 Å². The van der Waals surface area contributed by atoms with Crippen LogP contribution < -0.4 is 5.73 Å². The van der Waals surface area contributed by atoms with Gasteiger partial charge in [-0.1, -0.05) is 32.0 Å². The SMILES string of the molecule is CC(C)Cc1nc(-c2csc3ccccc23)nc(N)c1I. The number of nitrogens with zero attached hydrogens (tertiary/aromatic N) is 2. The number of nitrogens with two attached hydrogens (primary N) is 1. The lowest BCUT2D eigenvalue weighted by Gasteiger charge is -2.10. The van der Waals surface area contributed by atoms with Crippen LogP contribution in [-0.4, -0.2) is 9.97 Å². The standard InChI is InChI=1S/C16H16IN3S/c1-9(2)7-12-14(17)15(18)20-16(19-12)11-8-21-13-6-4-3-5-10(11)13/h3-6,8-9H,7H2,1-2H3,(H2,18,19,20). The highest BCUT2D eigenvalue weighted by Crippen LogP contribution is 2.33. The summed E-state index contributed by atoms with van der Waals surface area (Å²) in [5.41, 5.74) is 8.21. The number of thiophene rings is 1. The number of hydrogen-bond donors (Lipinski definition) is 1. The first-order chi connectivity index (χ1) is 10.1. The number of benzene rings is 1. The maximum absolute atomic E-state index is 6.09. The van der Waals surface area contributed by atoms with Crippen molar-refractivity contribution in [3.8, 4) is 11.4 Å². The lowest BCUT2D eigenvalue weighted by molar-refractivity contribution is 0.632. The quantitative estimate of drug-likeness (QED) is 0.636. The lowest BCUT2D eigenvalue weighted by atomic mass is 10.1. The van der Waals surface area contributed by atoms with E-state index >= 15 is 0 Å². The van der Waals surface area contributed by atoms with E-state index in [9.17, 15) is 0 Å². The van der Waals surface area contributed by atoms with E-state index in [-0.39, 0.29) is 0 Å². The van der Waals surface area contributed by atoms with Crippen LogP contribution in [0.5, 0.6) is 0 Å². The van der Waals surface area contributed by atoms with Crippen LogP contribution >= 0.6 is 33.9 Å². The molecule has 0 aliphatic carbocycles. The minimum atomic E-state index is 0.542. The fourth-order valence-corrected chi connectivity index (χ4v) is 3.71. The van der Waals surface area contributed by atoms with E-state index in [1.807, 2.05) is 6.07 Å². The summed E-state index contributed by atoms with van der Waals surface area (Å²) in [4.78, 5) is 9.27. The van der Waals surface area contributed by atoms with Gasteiger partial charge in [0.1, 0.15) is 5.82 Å². The van der Waals surface area contributed by atoms with Gasteiger partial charge in [-0.25, -0.2) is 9.97 Å². The average molecular weight is 409 g/mol. The monoisotopic (exact) mass is 409 g/mol. The van der Waals surface area contributed by atoms with Gasteiger partial charge in [0.05, 0.1) is 9.26 Å². The van der Waals surface area contributed by atoms with Gasteiger partial charge in [-0.3, -0.25) is 0 Å². The second-order valence-electron chi connectivity index (χ2n) is 5.44. The van der Waals surface area contributed by atoms with E-state index in [0.717, 1.165) is 27.1 Å². The summed E-state index contributed by atoms with van der Waals surface area (Å²) >= 11 is 3.96. The third-order valence-corrected chi connectivity index (χ3v) is 5.41. The molecule has 0 saturated carbocycles. The molecule has 3 aromatic rings. The highest BCUT2D eigenvalue weighted by Gasteiger charge is 2.15. The lowest BCUT2D eigenvalue weighted by Crippen LogP contribution is -2.07. The number of fused-ring (bicyclic) bond motifs is 1. The second kappa shape index (κ2) is 5.88. The molecule has 0 aliphatic rings. The van der Waals surface area contributed by atoms with Crippen molar-refractivity contribution in [2.24, 2.45) is 5.92 Å². The Kier molecular flexibility index (Phi) is 4.12. The van der Waals surface area contributed by atoms with Crippen LogP contribution in [0.25, 0.3) is 21.5 Å². The van der Waals surface area contributed by atoms with Gasteiger partial charge < -0.3 is 5.73 Å². The normalized spacial score (nSPS) is 11.4. The topological polar surface area (TPSA) is 51.8 Å². The minimum absolute atomic E-state index is 0.542. The zero-order chi connectivity index (χ0) is 15.0. The highest BCUT2D eigenvalue weighted by atomic mass is 127. The third kappa shape index (κ3) is 2.89. The van der Waals surface area contributed by atoms with Gasteiger partial charge in [0.15, 0.2) is 5.82 Å². The Morgan fingerprint density at radius 3 is 2.76 bits per heavy atom. The first-order valence-electron chi connectivity index (χ1n) is 6.84. The number of nitrogen functional groups attached to an aromatic ring is 1. The van der Waals surface area contributed by atoms with Crippen molar-refractivity contribution >= 4 is 49.8 Å². The van der Waals surface area contributed by atoms with Crippen molar-refractivity contribution in [2.45, 2.75) is 20.3 Å². The Hall–Kier alpha value is -1.21. The summed E-state index contributed by atoms with van der Waals surface area (Å²) < 4.78 is 2.23.